The number of aliphatic hydroxyl groups excluding tert-OH is 4. The van der Waals surface area contributed by atoms with Crippen LogP contribution in [-0.2, 0) is 14.3 Å². The molecule has 0 bridgehead atoms. The van der Waals surface area contributed by atoms with Gasteiger partial charge in [-0.2, -0.15) is 0 Å². The monoisotopic (exact) mass is 292 g/mol. The fourth-order valence-electron chi connectivity index (χ4n) is 2.46. The van der Waals surface area contributed by atoms with Crippen molar-refractivity contribution in [1.82, 2.24) is 0 Å². The van der Waals surface area contributed by atoms with Crippen molar-refractivity contribution in [1.29, 1.82) is 0 Å². The van der Waals surface area contributed by atoms with Crippen LogP contribution < -0.4 is 0 Å². The van der Waals surface area contributed by atoms with E-state index in [0.29, 0.717) is 0 Å². The van der Waals surface area contributed by atoms with Gasteiger partial charge in [-0.15, -0.1) is 0 Å². The molecule has 1 rings (SSSR count). The summed E-state index contributed by atoms with van der Waals surface area (Å²) in [6, 6.07) is 0. The van der Waals surface area contributed by atoms with E-state index in [2.05, 4.69) is 0 Å². The first-order chi connectivity index (χ1) is 9.29. The third kappa shape index (κ3) is 3.29. The van der Waals surface area contributed by atoms with Crippen LogP contribution in [-0.4, -0.2) is 63.7 Å². The number of hydrogen-bond acceptors (Lipinski definition) is 7. The highest BCUT2D eigenvalue weighted by Gasteiger charge is 2.51. The van der Waals surface area contributed by atoms with Gasteiger partial charge in [-0.3, -0.25) is 4.79 Å². The van der Waals surface area contributed by atoms with E-state index in [4.69, 9.17) is 14.6 Å². The maximum absolute atomic E-state index is 10.7. The minimum Gasteiger partial charge on any atom is -0.435 e. The molecule has 0 aromatic carbocycles. The van der Waals surface area contributed by atoms with Crippen molar-refractivity contribution in [2.24, 2.45) is 11.8 Å². The van der Waals surface area contributed by atoms with Crippen molar-refractivity contribution in [3.05, 3.63) is 0 Å². The molecule has 0 radical (unpaired) electrons. The first-order valence-electron chi connectivity index (χ1n) is 6.73. The maximum atomic E-state index is 10.7. The van der Waals surface area contributed by atoms with Gasteiger partial charge in [0, 0.05) is 18.3 Å². The van der Waals surface area contributed by atoms with Crippen LogP contribution >= 0.6 is 0 Å². The summed E-state index contributed by atoms with van der Waals surface area (Å²) in [6.45, 7) is 4.80. The first kappa shape index (κ1) is 17.3. The molecule has 0 amide bonds. The molecular formula is C13H24O7. The zero-order chi connectivity index (χ0) is 15.5. The van der Waals surface area contributed by atoms with Gasteiger partial charge in [-0.05, 0) is 0 Å². The van der Waals surface area contributed by atoms with E-state index in [1.54, 1.807) is 20.8 Å². The van der Waals surface area contributed by atoms with Crippen molar-refractivity contribution in [3.63, 3.8) is 0 Å². The molecule has 1 fully saturated rings. The molecule has 1 saturated heterocycles. The number of rotatable bonds is 6. The van der Waals surface area contributed by atoms with Crippen LogP contribution in [0.4, 0.5) is 0 Å². The average Bonchev–Trinajstić information content (AvgIpc) is 2.41. The van der Waals surface area contributed by atoms with Gasteiger partial charge in [0.15, 0.2) is 0 Å². The van der Waals surface area contributed by atoms with Gasteiger partial charge in [-0.25, -0.2) is 0 Å². The van der Waals surface area contributed by atoms with E-state index in [1.165, 1.54) is 0 Å². The van der Waals surface area contributed by atoms with Crippen LogP contribution in [0.1, 0.15) is 27.2 Å². The summed E-state index contributed by atoms with van der Waals surface area (Å²) in [5, 5.41) is 38.6. The number of carbonyl (C=O) groups excluding carboxylic acids is 1. The molecule has 6 atom stereocenters. The molecule has 1 heterocycles. The van der Waals surface area contributed by atoms with Gasteiger partial charge in [0.1, 0.15) is 12.2 Å². The molecule has 7 nitrogen and oxygen atoms in total. The van der Waals surface area contributed by atoms with E-state index >= 15 is 0 Å². The fourth-order valence-corrected chi connectivity index (χ4v) is 2.46. The Labute approximate surface area is 118 Å². The number of ether oxygens (including phenoxy) is 2. The molecule has 0 aromatic heterocycles. The van der Waals surface area contributed by atoms with Gasteiger partial charge < -0.3 is 29.9 Å². The van der Waals surface area contributed by atoms with Crippen LogP contribution in [0, 0.1) is 11.8 Å². The van der Waals surface area contributed by atoms with Crippen molar-refractivity contribution >= 4 is 6.47 Å². The minimum atomic E-state index is -1.39. The Balaban J connectivity index is 3.02. The third-order valence-corrected chi connectivity index (χ3v) is 4.00. The van der Waals surface area contributed by atoms with E-state index in [-0.39, 0.29) is 18.8 Å². The highest BCUT2D eigenvalue weighted by molar-refractivity contribution is 5.38. The quantitative estimate of drug-likeness (QED) is 0.464. The second-order valence-electron chi connectivity index (χ2n) is 5.63. The van der Waals surface area contributed by atoms with Gasteiger partial charge in [-0.1, -0.05) is 20.8 Å². The lowest BCUT2D eigenvalue weighted by Gasteiger charge is -2.48. The summed E-state index contributed by atoms with van der Waals surface area (Å²) in [4.78, 5) is 10.7. The van der Waals surface area contributed by atoms with Crippen molar-refractivity contribution < 1.29 is 34.7 Å². The van der Waals surface area contributed by atoms with E-state index in [0.717, 1.165) is 0 Å². The van der Waals surface area contributed by atoms with Crippen LogP contribution in [0.2, 0.25) is 0 Å². The van der Waals surface area contributed by atoms with E-state index in [9.17, 15) is 20.1 Å². The lowest BCUT2D eigenvalue weighted by molar-refractivity contribution is -0.326. The Morgan fingerprint density at radius 2 is 2.05 bits per heavy atom. The molecule has 1 aliphatic heterocycles. The molecule has 0 saturated carbocycles. The molecule has 0 spiro atoms. The second kappa shape index (κ2) is 6.82. The minimum absolute atomic E-state index is 0.0863. The molecule has 7 heteroatoms. The summed E-state index contributed by atoms with van der Waals surface area (Å²) in [5.74, 6) is -2.08. The van der Waals surface area contributed by atoms with E-state index in [1.807, 2.05) is 0 Å². The van der Waals surface area contributed by atoms with Gasteiger partial charge in [0.05, 0.1) is 18.8 Å². The summed E-state index contributed by atoms with van der Waals surface area (Å²) in [6.07, 6.45) is -4.52. The molecule has 0 aromatic rings. The van der Waals surface area contributed by atoms with Crippen molar-refractivity contribution in [2.45, 2.75) is 57.4 Å². The zero-order valence-corrected chi connectivity index (χ0v) is 12.0. The summed E-state index contributed by atoms with van der Waals surface area (Å²) in [7, 11) is 0. The highest BCUT2D eigenvalue weighted by atomic mass is 16.7. The molecule has 118 valence electrons. The molecule has 4 N–H and O–H groups in total. The molecule has 20 heavy (non-hydrogen) atoms. The SMILES string of the molecule is CC(C)[C@]1(OC=O)C[C@@H](O)[C@@H](C)C([C@H](O)C(O)CO)O1. The summed E-state index contributed by atoms with van der Waals surface area (Å²) in [5.41, 5.74) is 0. The topological polar surface area (TPSA) is 116 Å². The number of aliphatic hydroxyl groups is 4. The van der Waals surface area contributed by atoms with Gasteiger partial charge in [0.25, 0.3) is 6.47 Å². The van der Waals surface area contributed by atoms with Crippen LogP contribution in [0.25, 0.3) is 0 Å². The van der Waals surface area contributed by atoms with E-state index < -0.39 is 42.7 Å². The Morgan fingerprint density at radius 1 is 1.45 bits per heavy atom. The van der Waals surface area contributed by atoms with Gasteiger partial charge in [0.2, 0.25) is 5.79 Å². The lowest BCUT2D eigenvalue weighted by Crippen LogP contribution is -2.60. The zero-order valence-electron chi connectivity index (χ0n) is 12.0. The molecular weight excluding hydrogens is 268 g/mol. The Morgan fingerprint density at radius 3 is 2.50 bits per heavy atom. The Kier molecular flexibility index (Phi) is 5.91. The second-order valence-corrected chi connectivity index (χ2v) is 5.63. The molecule has 0 aliphatic carbocycles. The smallest absolute Gasteiger partial charge is 0.295 e. The largest absolute Gasteiger partial charge is 0.435 e. The number of hydrogen-bond donors (Lipinski definition) is 4. The number of carbonyl (C=O) groups is 1. The lowest BCUT2D eigenvalue weighted by atomic mass is 9.81. The normalized spacial score (nSPS) is 37.5. The Hall–Kier alpha value is -0.730. The van der Waals surface area contributed by atoms with Crippen molar-refractivity contribution in [2.75, 3.05) is 6.61 Å². The average molecular weight is 292 g/mol. The maximum Gasteiger partial charge on any atom is 0.295 e. The summed E-state index contributed by atoms with van der Waals surface area (Å²) >= 11 is 0. The van der Waals surface area contributed by atoms with Crippen molar-refractivity contribution in [3.8, 4) is 0 Å². The van der Waals surface area contributed by atoms with Crippen LogP contribution in [0.5, 0.6) is 0 Å². The standard InChI is InChI=1S/C13H24O7/c1-7(2)13(19-6-15)4-9(16)8(3)12(20-13)11(18)10(17)5-14/h6-12,14,16-18H,4-5H2,1-3H3/t8-,9-,10?,11-,12?,13+/m1/s1. The highest BCUT2D eigenvalue weighted by Crippen LogP contribution is 2.39. The Bertz CT molecular complexity index is 322. The predicted molar refractivity (Wildman–Crippen MR) is 68.5 cm³/mol. The predicted octanol–water partition coefficient (Wildman–Crippen LogP) is -0.988. The van der Waals surface area contributed by atoms with Crippen LogP contribution in [0.3, 0.4) is 0 Å². The molecule has 2 unspecified atom stereocenters. The third-order valence-electron chi connectivity index (χ3n) is 4.00. The first-order valence-corrected chi connectivity index (χ1v) is 6.73. The van der Waals surface area contributed by atoms with Crippen LogP contribution in [0.15, 0.2) is 0 Å². The van der Waals surface area contributed by atoms with Gasteiger partial charge >= 0.3 is 0 Å². The fraction of sp³-hybridized carbons (Fsp3) is 0.923. The molecule has 1 aliphatic rings. The summed E-state index contributed by atoms with van der Waals surface area (Å²) < 4.78 is 10.7.